The number of terminal acetylenes is 1. The van der Waals surface area contributed by atoms with Gasteiger partial charge in [-0.05, 0) is 30.7 Å². The number of rotatable bonds is 5. The molecule has 1 atom stereocenters. The van der Waals surface area contributed by atoms with E-state index in [9.17, 15) is 0 Å². The van der Waals surface area contributed by atoms with Crippen LogP contribution in [-0.4, -0.2) is 20.6 Å². The van der Waals surface area contributed by atoms with E-state index in [1.807, 2.05) is 20.2 Å². The van der Waals surface area contributed by atoms with Crippen molar-refractivity contribution in [2.45, 2.75) is 19.4 Å². The Hall–Kier alpha value is -1.46. The molecule has 1 aromatic carbocycles. The van der Waals surface area contributed by atoms with Crippen LogP contribution in [0.4, 0.5) is 5.69 Å². The van der Waals surface area contributed by atoms with Crippen LogP contribution in [0.1, 0.15) is 24.9 Å². The molecule has 2 nitrogen and oxygen atoms in total. The summed E-state index contributed by atoms with van der Waals surface area (Å²) in [4.78, 5) is 2.08. The highest BCUT2D eigenvalue weighted by molar-refractivity contribution is 5.48. The van der Waals surface area contributed by atoms with Crippen molar-refractivity contribution in [3.05, 3.63) is 29.8 Å². The first-order valence-electron chi connectivity index (χ1n) is 5.65. The lowest BCUT2D eigenvalue weighted by molar-refractivity contribution is 0.626. The third-order valence-corrected chi connectivity index (χ3v) is 2.49. The first-order chi connectivity index (χ1) is 7.69. The molecule has 0 fully saturated rings. The molecule has 0 aliphatic heterocycles. The van der Waals surface area contributed by atoms with Crippen LogP contribution in [0.15, 0.2) is 24.3 Å². The van der Waals surface area contributed by atoms with Gasteiger partial charge in [0.1, 0.15) is 0 Å². The average Bonchev–Trinajstić information content (AvgIpc) is 2.30. The van der Waals surface area contributed by atoms with Crippen LogP contribution < -0.4 is 10.2 Å². The van der Waals surface area contributed by atoms with Crippen molar-refractivity contribution < 1.29 is 0 Å². The van der Waals surface area contributed by atoms with Crippen LogP contribution in [0.25, 0.3) is 0 Å². The van der Waals surface area contributed by atoms with E-state index < -0.39 is 0 Å². The number of anilines is 1. The molecule has 0 aromatic heterocycles. The quantitative estimate of drug-likeness (QED) is 0.760. The third kappa shape index (κ3) is 3.29. The van der Waals surface area contributed by atoms with Gasteiger partial charge in [0, 0.05) is 19.8 Å². The van der Waals surface area contributed by atoms with Crippen LogP contribution in [0.2, 0.25) is 0 Å². The summed E-state index contributed by atoms with van der Waals surface area (Å²) < 4.78 is 0. The Kier molecular flexibility index (Phi) is 4.88. The number of nitrogens with one attached hydrogen (secondary N) is 1. The van der Waals surface area contributed by atoms with Gasteiger partial charge in [-0.2, -0.15) is 0 Å². The summed E-state index contributed by atoms with van der Waals surface area (Å²) in [6, 6.07) is 8.34. The molecule has 1 N–H and O–H groups in total. The normalized spacial score (nSPS) is 11.9. The monoisotopic (exact) mass is 216 g/mol. The van der Waals surface area contributed by atoms with Crippen LogP contribution in [-0.2, 0) is 0 Å². The van der Waals surface area contributed by atoms with Gasteiger partial charge < -0.3 is 10.2 Å². The average molecular weight is 216 g/mol. The van der Waals surface area contributed by atoms with Crippen molar-refractivity contribution in [1.82, 2.24) is 5.32 Å². The Morgan fingerprint density at radius 1 is 1.44 bits per heavy atom. The maximum absolute atomic E-state index is 5.55. The van der Waals surface area contributed by atoms with E-state index in [1.165, 1.54) is 5.69 Å². The minimum atomic E-state index is 0.0137. The Labute approximate surface area is 98.7 Å². The first kappa shape index (κ1) is 12.6. The van der Waals surface area contributed by atoms with Crippen molar-refractivity contribution in [1.29, 1.82) is 0 Å². The lowest BCUT2D eigenvalue weighted by atomic mass is 10.1. The molecule has 1 rings (SSSR count). The van der Waals surface area contributed by atoms with Gasteiger partial charge in [0.05, 0.1) is 6.04 Å². The highest BCUT2D eigenvalue weighted by atomic mass is 15.1. The second kappa shape index (κ2) is 6.19. The number of hydrogen-bond acceptors (Lipinski definition) is 2. The maximum atomic E-state index is 5.55. The zero-order valence-electron chi connectivity index (χ0n) is 10.3. The third-order valence-electron chi connectivity index (χ3n) is 2.49. The molecule has 0 heterocycles. The predicted octanol–water partition coefficient (Wildman–Crippen LogP) is 2.43. The van der Waals surface area contributed by atoms with Crippen molar-refractivity contribution in [2.75, 3.05) is 25.5 Å². The Bertz CT molecular complexity index is 363. The number of hydrogen-bond donors (Lipinski definition) is 1. The largest absolute Gasteiger partial charge is 0.378 e. The summed E-state index contributed by atoms with van der Waals surface area (Å²) in [5, 5.41) is 3.35. The van der Waals surface area contributed by atoms with Gasteiger partial charge in [0.2, 0.25) is 0 Å². The lowest BCUT2D eigenvalue weighted by Crippen LogP contribution is -2.21. The van der Waals surface area contributed by atoms with E-state index in [0.29, 0.717) is 0 Å². The van der Waals surface area contributed by atoms with E-state index in [0.717, 1.165) is 18.5 Å². The fraction of sp³-hybridized carbons (Fsp3) is 0.429. The van der Waals surface area contributed by atoms with Gasteiger partial charge in [-0.15, -0.1) is 6.42 Å². The summed E-state index contributed by atoms with van der Waals surface area (Å²) >= 11 is 0. The molecule has 0 aliphatic rings. The summed E-state index contributed by atoms with van der Waals surface area (Å²) in [6.07, 6.45) is 6.63. The van der Waals surface area contributed by atoms with Crippen LogP contribution in [0.5, 0.6) is 0 Å². The second-order valence-electron chi connectivity index (χ2n) is 4.04. The van der Waals surface area contributed by atoms with Gasteiger partial charge in [-0.1, -0.05) is 25.0 Å². The van der Waals surface area contributed by atoms with Gasteiger partial charge in [-0.3, -0.25) is 0 Å². The fourth-order valence-corrected chi connectivity index (χ4v) is 1.54. The van der Waals surface area contributed by atoms with Crippen LogP contribution in [0.3, 0.4) is 0 Å². The van der Waals surface area contributed by atoms with Crippen molar-refractivity contribution >= 4 is 5.69 Å². The van der Waals surface area contributed by atoms with E-state index in [-0.39, 0.29) is 6.04 Å². The molecule has 0 spiro atoms. The Morgan fingerprint density at radius 2 is 2.19 bits per heavy atom. The van der Waals surface area contributed by atoms with Crippen molar-refractivity contribution in [2.24, 2.45) is 0 Å². The molecular formula is C14H20N2. The molecule has 1 unspecified atom stereocenters. The standard InChI is InChI=1S/C14H20N2/c1-5-10-15-14(6-2)12-8-7-9-13(11-12)16(3)4/h2,7-9,11,14-15H,5,10H2,1,3-4H3. The molecule has 16 heavy (non-hydrogen) atoms. The molecule has 2 heteroatoms. The van der Waals surface area contributed by atoms with E-state index >= 15 is 0 Å². The zero-order valence-corrected chi connectivity index (χ0v) is 10.3. The SMILES string of the molecule is C#CC(NCCC)c1cccc(N(C)C)c1. The molecular weight excluding hydrogens is 196 g/mol. The fourth-order valence-electron chi connectivity index (χ4n) is 1.54. The molecule has 0 saturated heterocycles. The van der Waals surface area contributed by atoms with E-state index in [4.69, 9.17) is 6.42 Å². The van der Waals surface area contributed by atoms with Crippen LogP contribution >= 0.6 is 0 Å². The number of nitrogens with zero attached hydrogens (tertiary/aromatic N) is 1. The highest BCUT2D eigenvalue weighted by Crippen LogP contribution is 2.18. The molecule has 0 aliphatic carbocycles. The van der Waals surface area contributed by atoms with Crippen molar-refractivity contribution in [3.8, 4) is 12.3 Å². The summed E-state index contributed by atoms with van der Waals surface area (Å²) in [5.41, 5.74) is 2.33. The number of benzene rings is 1. The smallest absolute Gasteiger partial charge is 0.0943 e. The van der Waals surface area contributed by atoms with Gasteiger partial charge in [-0.25, -0.2) is 0 Å². The zero-order chi connectivity index (χ0) is 12.0. The topological polar surface area (TPSA) is 15.3 Å². The maximum Gasteiger partial charge on any atom is 0.0943 e. The lowest BCUT2D eigenvalue weighted by Gasteiger charge is -2.17. The minimum absolute atomic E-state index is 0.0137. The summed E-state index contributed by atoms with van der Waals surface area (Å²) in [7, 11) is 4.06. The van der Waals surface area contributed by atoms with E-state index in [1.54, 1.807) is 0 Å². The highest BCUT2D eigenvalue weighted by Gasteiger charge is 2.07. The van der Waals surface area contributed by atoms with E-state index in [2.05, 4.69) is 41.3 Å². The van der Waals surface area contributed by atoms with Gasteiger partial charge >= 0.3 is 0 Å². The molecule has 0 radical (unpaired) electrons. The van der Waals surface area contributed by atoms with Crippen molar-refractivity contribution in [3.63, 3.8) is 0 Å². The second-order valence-corrected chi connectivity index (χ2v) is 4.04. The van der Waals surface area contributed by atoms with Gasteiger partial charge in [0.25, 0.3) is 0 Å². The molecule has 0 amide bonds. The Morgan fingerprint density at radius 3 is 2.75 bits per heavy atom. The Balaban J connectivity index is 2.85. The first-order valence-corrected chi connectivity index (χ1v) is 5.65. The predicted molar refractivity (Wildman–Crippen MR) is 70.6 cm³/mol. The molecule has 1 aromatic rings. The summed E-state index contributed by atoms with van der Waals surface area (Å²) in [6.45, 7) is 3.08. The minimum Gasteiger partial charge on any atom is -0.378 e. The molecule has 0 bridgehead atoms. The molecule has 86 valence electrons. The van der Waals surface area contributed by atoms with Crippen LogP contribution in [0, 0.1) is 12.3 Å². The summed E-state index contributed by atoms with van der Waals surface area (Å²) in [5.74, 6) is 2.79. The molecule has 0 saturated carbocycles. The van der Waals surface area contributed by atoms with Gasteiger partial charge in [0.15, 0.2) is 0 Å².